The minimum atomic E-state index is -3.33. The molecular weight excluding hydrogens is 394 g/mol. The molecule has 1 aliphatic rings. The van der Waals surface area contributed by atoms with E-state index < -0.39 is 10.0 Å². The molecule has 0 fully saturated rings. The third-order valence-electron chi connectivity index (χ3n) is 5.15. The summed E-state index contributed by atoms with van der Waals surface area (Å²) in [6.07, 6.45) is 5.20. The Balaban J connectivity index is 1.85. The highest BCUT2D eigenvalue weighted by atomic mass is 32.2. The summed E-state index contributed by atoms with van der Waals surface area (Å²) in [7, 11) is -3.33. The number of nitrogens with one attached hydrogen (secondary N) is 1. The lowest BCUT2D eigenvalue weighted by molar-refractivity contribution is 0.340. The Morgan fingerprint density at radius 2 is 1.70 bits per heavy atom. The van der Waals surface area contributed by atoms with Crippen LogP contribution < -0.4 is 9.46 Å². The van der Waals surface area contributed by atoms with Crippen molar-refractivity contribution in [1.82, 2.24) is 0 Å². The number of hydrogen-bond acceptors (Lipinski definition) is 3. The summed E-state index contributed by atoms with van der Waals surface area (Å²) in [6, 6.07) is 22.2. The zero-order valence-electron chi connectivity index (χ0n) is 17.2. The van der Waals surface area contributed by atoms with Crippen LogP contribution in [0.5, 0.6) is 5.75 Å². The fourth-order valence-corrected chi connectivity index (χ4v) is 4.49. The van der Waals surface area contributed by atoms with Crippen LogP contribution in [0, 0.1) is 0 Å². The quantitative estimate of drug-likeness (QED) is 0.623. The van der Waals surface area contributed by atoms with Gasteiger partial charge in [0.1, 0.15) is 5.75 Å². The monoisotopic (exact) mass is 419 g/mol. The van der Waals surface area contributed by atoms with Gasteiger partial charge < -0.3 is 4.74 Å². The molecule has 0 aliphatic heterocycles. The van der Waals surface area contributed by atoms with Crippen LogP contribution in [-0.2, 0) is 22.9 Å². The zero-order valence-corrected chi connectivity index (χ0v) is 18.0. The minimum Gasteiger partial charge on any atom is -0.494 e. The second kappa shape index (κ2) is 8.36. The topological polar surface area (TPSA) is 55.4 Å². The number of sulfonamides is 1. The third-order valence-corrected chi connectivity index (χ3v) is 5.76. The number of anilines is 1. The lowest BCUT2D eigenvalue weighted by Gasteiger charge is -2.14. The van der Waals surface area contributed by atoms with Crippen LogP contribution in [0.1, 0.15) is 34.7 Å². The van der Waals surface area contributed by atoms with Crippen LogP contribution in [0.3, 0.4) is 0 Å². The van der Waals surface area contributed by atoms with Crippen molar-refractivity contribution in [3.8, 4) is 5.75 Å². The Bertz CT molecular complexity index is 1210. The molecule has 1 aliphatic carbocycles. The number of aryl methyl sites for hydroxylation is 2. The van der Waals surface area contributed by atoms with Gasteiger partial charge in [0, 0.05) is 5.69 Å². The molecule has 0 heterocycles. The van der Waals surface area contributed by atoms with Crippen LogP contribution >= 0.6 is 0 Å². The molecule has 154 valence electrons. The fraction of sp³-hybridized carbons (Fsp3) is 0.200. The lowest BCUT2D eigenvalue weighted by atomic mass is 9.92. The van der Waals surface area contributed by atoms with Gasteiger partial charge in [0.15, 0.2) is 0 Å². The van der Waals surface area contributed by atoms with Gasteiger partial charge in [-0.15, -0.1) is 0 Å². The van der Waals surface area contributed by atoms with Gasteiger partial charge in [0.2, 0.25) is 10.0 Å². The first-order valence-electron chi connectivity index (χ1n) is 10.1. The maximum Gasteiger partial charge on any atom is 0.229 e. The molecule has 0 amide bonds. The maximum atomic E-state index is 11.6. The predicted octanol–water partition coefficient (Wildman–Crippen LogP) is 5.14. The van der Waals surface area contributed by atoms with E-state index in [0.717, 1.165) is 36.0 Å². The maximum absolute atomic E-state index is 11.6. The molecule has 3 aromatic rings. The van der Waals surface area contributed by atoms with Crippen molar-refractivity contribution in [2.75, 3.05) is 17.6 Å². The summed E-state index contributed by atoms with van der Waals surface area (Å²) in [6.45, 7) is 2.63. The Hall–Kier alpha value is -3.05. The van der Waals surface area contributed by atoms with E-state index in [2.05, 4.69) is 47.2 Å². The van der Waals surface area contributed by atoms with Crippen molar-refractivity contribution in [2.24, 2.45) is 0 Å². The van der Waals surface area contributed by atoms with E-state index in [4.69, 9.17) is 4.74 Å². The number of ether oxygens (including phenoxy) is 1. The van der Waals surface area contributed by atoms with Crippen LogP contribution in [0.15, 0.2) is 66.7 Å². The summed E-state index contributed by atoms with van der Waals surface area (Å²) in [5.74, 6) is 0.890. The highest BCUT2D eigenvalue weighted by Gasteiger charge is 2.18. The summed E-state index contributed by atoms with van der Waals surface area (Å²) in [5, 5.41) is 0. The van der Waals surface area contributed by atoms with Crippen molar-refractivity contribution in [3.63, 3.8) is 0 Å². The Kier molecular flexibility index (Phi) is 5.64. The van der Waals surface area contributed by atoms with Crippen molar-refractivity contribution in [2.45, 2.75) is 19.8 Å². The van der Waals surface area contributed by atoms with E-state index in [1.54, 1.807) is 6.07 Å². The van der Waals surface area contributed by atoms with Gasteiger partial charge in [-0.3, -0.25) is 4.72 Å². The number of rotatable bonds is 5. The van der Waals surface area contributed by atoms with E-state index in [9.17, 15) is 8.42 Å². The largest absolute Gasteiger partial charge is 0.494 e. The average molecular weight is 420 g/mol. The van der Waals surface area contributed by atoms with Gasteiger partial charge in [-0.25, -0.2) is 8.42 Å². The smallest absolute Gasteiger partial charge is 0.229 e. The highest BCUT2D eigenvalue weighted by molar-refractivity contribution is 7.92. The first-order valence-corrected chi connectivity index (χ1v) is 12.0. The summed E-state index contributed by atoms with van der Waals surface area (Å²) in [4.78, 5) is 0. The van der Waals surface area contributed by atoms with E-state index in [0.29, 0.717) is 12.3 Å². The molecule has 0 atom stereocenters. The second-order valence-electron chi connectivity index (χ2n) is 7.47. The molecule has 30 heavy (non-hydrogen) atoms. The van der Waals surface area contributed by atoms with Crippen molar-refractivity contribution in [1.29, 1.82) is 0 Å². The van der Waals surface area contributed by atoms with Crippen molar-refractivity contribution < 1.29 is 13.2 Å². The van der Waals surface area contributed by atoms with Crippen molar-refractivity contribution in [3.05, 3.63) is 94.5 Å². The van der Waals surface area contributed by atoms with E-state index >= 15 is 0 Å². The van der Waals surface area contributed by atoms with Crippen LogP contribution in [-0.4, -0.2) is 21.3 Å². The molecule has 3 aromatic carbocycles. The van der Waals surface area contributed by atoms with E-state index in [1.165, 1.54) is 22.3 Å². The van der Waals surface area contributed by atoms with E-state index in [-0.39, 0.29) is 0 Å². The van der Waals surface area contributed by atoms with Crippen LogP contribution in [0.25, 0.3) is 11.6 Å². The molecule has 0 saturated carbocycles. The predicted molar refractivity (Wildman–Crippen MR) is 123 cm³/mol. The normalized spacial score (nSPS) is 14.5. The minimum absolute atomic E-state index is 0.556. The number of benzene rings is 3. The molecular formula is C25H25NO3S. The molecule has 4 rings (SSSR count). The molecule has 5 heteroatoms. The molecule has 0 bridgehead atoms. The molecule has 0 aromatic heterocycles. The average Bonchev–Trinajstić information content (AvgIpc) is 2.85. The van der Waals surface area contributed by atoms with E-state index in [1.807, 2.05) is 31.2 Å². The second-order valence-corrected chi connectivity index (χ2v) is 9.22. The lowest BCUT2D eigenvalue weighted by Crippen LogP contribution is -2.09. The standard InChI is InChI=1S/C25H25NO3S/c1-3-29-22-13-14-24-20(17-22)12-11-19-8-4-5-10-23(19)25(24)16-18-7-6-9-21(15-18)26-30(2,27)28/h4-10,13-17,26H,3,11-12H2,1-2H3. The summed E-state index contributed by atoms with van der Waals surface area (Å²) in [5.41, 5.74) is 7.59. The summed E-state index contributed by atoms with van der Waals surface area (Å²) >= 11 is 0. The molecule has 0 unspecified atom stereocenters. The fourth-order valence-electron chi connectivity index (χ4n) is 3.94. The Morgan fingerprint density at radius 3 is 2.50 bits per heavy atom. The van der Waals surface area contributed by atoms with Gasteiger partial charge in [-0.05, 0) is 83.5 Å². The summed E-state index contributed by atoms with van der Waals surface area (Å²) < 4.78 is 31.5. The van der Waals surface area contributed by atoms with Gasteiger partial charge >= 0.3 is 0 Å². The van der Waals surface area contributed by atoms with Gasteiger partial charge in [-0.2, -0.15) is 0 Å². The van der Waals surface area contributed by atoms with Gasteiger partial charge in [0.25, 0.3) is 0 Å². The van der Waals surface area contributed by atoms with Crippen LogP contribution in [0.4, 0.5) is 5.69 Å². The van der Waals surface area contributed by atoms with Crippen molar-refractivity contribution >= 4 is 27.4 Å². The number of hydrogen-bond donors (Lipinski definition) is 1. The van der Waals surface area contributed by atoms with Gasteiger partial charge in [0.05, 0.1) is 12.9 Å². The third kappa shape index (κ3) is 4.57. The number of fused-ring (bicyclic) bond motifs is 2. The molecule has 0 saturated heterocycles. The molecule has 0 spiro atoms. The molecule has 0 radical (unpaired) electrons. The van der Waals surface area contributed by atoms with Crippen LogP contribution in [0.2, 0.25) is 0 Å². The Morgan fingerprint density at radius 1 is 0.933 bits per heavy atom. The molecule has 1 N–H and O–H groups in total. The SMILES string of the molecule is CCOc1ccc2c(c1)CCc1ccccc1C2=Cc1cccc(NS(C)(=O)=O)c1. The van der Waals surface area contributed by atoms with Gasteiger partial charge in [-0.1, -0.05) is 42.5 Å². The first-order chi connectivity index (χ1) is 14.4. The zero-order chi connectivity index (χ0) is 21.1. The molecule has 4 nitrogen and oxygen atoms in total. The first kappa shape index (κ1) is 20.2. The Labute approximate surface area is 178 Å². The highest BCUT2D eigenvalue weighted by Crippen LogP contribution is 2.36.